The maximum atomic E-state index is 12.6. The first-order valence-corrected chi connectivity index (χ1v) is 10.3. The molecule has 144 valence electrons. The first-order valence-electron chi connectivity index (χ1n) is 8.02. The van der Waals surface area contributed by atoms with Gasteiger partial charge in [0, 0.05) is 40.4 Å². The van der Waals surface area contributed by atoms with Gasteiger partial charge in [0.15, 0.2) is 0 Å². The van der Waals surface area contributed by atoms with E-state index in [1.54, 1.807) is 48.5 Å². The number of nitrogens with zero attached hydrogens (tertiary/aromatic N) is 1. The molecule has 1 amide bonds. The van der Waals surface area contributed by atoms with Gasteiger partial charge in [-0.3, -0.25) is 4.79 Å². The Morgan fingerprint density at radius 3 is 2.32 bits per heavy atom. The summed E-state index contributed by atoms with van der Waals surface area (Å²) in [5.41, 5.74) is 1.71. The van der Waals surface area contributed by atoms with Crippen molar-refractivity contribution in [3.05, 3.63) is 64.9 Å². The van der Waals surface area contributed by atoms with Crippen molar-refractivity contribution in [1.82, 2.24) is 4.98 Å². The highest BCUT2D eigenvalue weighted by Crippen LogP contribution is 2.42. The van der Waals surface area contributed by atoms with Crippen LogP contribution in [0.15, 0.2) is 59.6 Å². The van der Waals surface area contributed by atoms with Gasteiger partial charge in [-0.05, 0) is 24.3 Å². The molecule has 1 aromatic heterocycles. The van der Waals surface area contributed by atoms with Crippen LogP contribution < -0.4 is 10.5 Å². The van der Waals surface area contributed by atoms with Crippen molar-refractivity contribution in [3.8, 4) is 22.3 Å². The second-order valence-electron chi connectivity index (χ2n) is 5.94. The third-order valence-corrected chi connectivity index (χ3v) is 5.48. The molecule has 0 fully saturated rings. The number of pyridine rings is 1. The van der Waals surface area contributed by atoms with Crippen molar-refractivity contribution in [2.45, 2.75) is 11.8 Å². The number of sulfonamides is 1. The van der Waals surface area contributed by atoms with Crippen LogP contribution in [0.2, 0.25) is 10.2 Å². The quantitative estimate of drug-likeness (QED) is 0.595. The predicted molar refractivity (Wildman–Crippen MR) is 111 cm³/mol. The highest BCUT2D eigenvalue weighted by atomic mass is 35.5. The number of carbonyl (C=O) groups is 1. The van der Waals surface area contributed by atoms with Crippen LogP contribution in [0.3, 0.4) is 0 Å². The Morgan fingerprint density at radius 1 is 1.04 bits per heavy atom. The summed E-state index contributed by atoms with van der Waals surface area (Å²) >= 11 is 12.2. The minimum Gasteiger partial charge on any atom is -0.326 e. The Bertz CT molecular complexity index is 1160. The van der Waals surface area contributed by atoms with E-state index in [1.165, 1.54) is 13.1 Å². The first-order chi connectivity index (χ1) is 13.2. The second kappa shape index (κ2) is 7.89. The van der Waals surface area contributed by atoms with Crippen molar-refractivity contribution < 1.29 is 13.2 Å². The largest absolute Gasteiger partial charge is 0.326 e. The van der Waals surface area contributed by atoms with E-state index in [0.717, 1.165) is 0 Å². The lowest BCUT2D eigenvalue weighted by Crippen LogP contribution is -2.17. The second-order valence-corrected chi connectivity index (χ2v) is 8.23. The van der Waals surface area contributed by atoms with E-state index < -0.39 is 10.0 Å². The third kappa shape index (κ3) is 4.18. The topological polar surface area (TPSA) is 102 Å². The number of halogens is 2. The highest BCUT2D eigenvalue weighted by molar-refractivity contribution is 7.89. The highest BCUT2D eigenvalue weighted by Gasteiger charge is 2.26. The molecule has 0 aliphatic heterocycles. The Kier molecular flexibility index (Phi) is 5.71. The number of hydrogen-bond acceptors (Lipinski definition) is 4. The van der Waals surface area contributed by atoms with Gasteiger partial charge in [-0.25, -0.2) is 18.5 Å². The fraction of sp³-hybridized carbons (Fsp3) is 0.0526. The number of primary sulfonamides is 1. The maximum absolute atomic E-state index is 12.6. The molecule has 2 aromatic carbocycles. The number of amides is 1. The van der Waals surface area contributed by atoms with E-state index >= 15 is 0 Å². The maximum Gasteiger partial charge on any atom is 0.239 e. The number of benzene rings is 2. The van der Waals surface area contributed by atoms with Gasteiger partial charge < -0.3 is 5.32 Å². The molecule has 0 radical (unpaired) electrons. The van der Waals surface area contributed by atoms with E-state index in [-0.39, 0.29) is 27.2 Å². The zero-order chi connectivity index (χ0) is 20.5. The number of carbonyl (C=O) groups excluding carboxylic acids is 1. The molecule has 0 spiro atoms. The van der Waals surface area contributed by atoms with E-state index in [4.69, 9.17) is 28.3 Å². The van der Waals surface area contributed by atoms with E-state index in [1.807, 2.05) is 0 Å². The Morgan fingerprint density at radius 2 is 1.75 bits per heavy atom. The van der Waals surface area contributed by atoms with Crippen LogP contribution in [-0.2, 0) is 14.8 Å². The summed E-state index contributed by atoms with van der Waals surface area (Å²) in [5, 5.41) is 8.80. The fourth-order valence-corrected chi connectivity index (χ4v) is 4.20. The molecule has 9 heteroatoms. The molecule has 0 bridgehead atoms. The summed E-state index contributed by atoms with van der Waals surface area (Å²) in [5.74, 6) is -0.366. The fourth-order valence-electron chi connectivity index (χ4n) is 2.87. The normalized spacial score (nSPS) is 11.3. The van der Waals surface area contributed by atoms with Crippen LogP contribution in [0.5, 0.6) is 0 Å². The van der Waals surface area contributed by atoms with Gasteiger partial charge in [-0.15, -0.1) is 0 Å². The lowest BCUT2D eigenvalue weighted by atomic mass is 9.97. The SMILES string of the molecule is CC(=O)Nc1ccc(-c2ccc(Cl)nc2)c(S(N)(=O)=O)c1-c1ccccc1Cl. The number of anilines is 1. The number of hydrogen-bond donors (Lipinski definition) is 2. The number of rotatable bonds is 4. The average molecular weight is 436 g/mol. The zero-order valence-corrected chi connectivity index (χ0v) is 16.9. The predicted octanol–water partition coefficient (Wildman–Crippen LogP) is 4.33. The number of nitrogens with two attached hydrogens (primary N) is 1. The molecule has 0 unspecified atom stereocenters. The van der Waals surface area contributed by atoms with Gasteiger partial charge >= 0.3 is 0 Å². The molecule has 1 heterocycles. The van der Waals surface area contributed by atoms with Crippen molar-refractivity contribution >= 4 is 44.8 Å². The van der Waals surface area contributed by atoms with Crippen LogP contribution in [0.1, 0.15) is 6.92 Å². The van der Waals surface area contributed by atoms with Crippen LogP contribution in [0.4, 0.5) is 5.69 Å². The Balaban J connectivity index is 2.45. The van der Waals surface area contributed by atoms with Gasteiger partial charge in [0.25, 0.3) is 0 Å². The lowest BCUT2D eigenvalue weighted by molar-refractivity contribution is -0.114. The number of nitrogens with one attached hydrogen (secondary N) is 1. The summed E-state index contributed by atoms with van der Waals surface area (Å²) in [7, 11) is -4.22. The molecule has 0 aliphatic carbocycles. The zero-order valence-electron chi connectivity index (χ0n) is 14.6. The molecule has 3 aromatic rings. The summed E-state index contributed by atoms with van der Waals surface area (Å²) in [6, 6.07) is 13.0. The molecule has 0 aliphatic rings. The minimum atomic E-state index is -4.22. The summed E-state index contributed by atoms with van der Waals surface area (Å²) in [4.78, 5) is 15.5. The Labute approximate surface area is 172 Å². The molecule has 28 heavy (non-hydrogen) atoms. The first kappa shape index (κ1) is 20.3. The molecule has 3 rings (SSSR count). The summed E-state index contributed by atoms with van der Waals surface area (Å²) in [6.45, 7) is 1.32. The van der Waals surface area contributed by atoms with Crippen LogP contribution in [0.25, 0.3) is 22.3 Å². The monoisotopic (exact) mass is 435 g/mol. The van der Waals surface area contributed by atoms with E-state index in [9.17, 15) is 13.2 Å². The van der Waals surface area contributed by atoms with Gasteiger partial charge in [-0.1, -0.05) is 47.5 Å². The van der Waals surface area contributed by atoms with Crippen LogP contribution in [-0.4, -0.2) is 19.3 Å². The summed E-state index contributed by atoms with van der Waals surface area (Å²) in [6.07, 6.45) is 1.45. The molecule has 0 atom stereocenters. The van der Waals surface area contributed by atoms with Crippen LogP contribution >= 0.6 is 23.2 Å². The van der Waals surface area contributed by atoms with Crippen LogP contribution in [0, 0.1) is 0 Å². The van der Waals surface area contributed by atoms with Gasteiger partial charge in [0.1, 0.15) is 5.15 Å². The lowest BCUT2D eigenvalue weighted by Gasteiger charge is -2.19. The molecule has 0 saturated carbocycles. The average Bonchev–Trinajstić information content (AvgIpc) is 2.61. The van der Waals surface area contributed by atoms with Gasteiger partial charge in [-0.2, -0.15) is 0 Å². The van der Waals surface area contributed by atoms with Crippen molar-refractivity contribution in [3.63, 3.8) is 0 Å². The van der Waals surface area contributed by atoms with Gasteiger partial charge in [0.05, 0.1) is 10.6 Å². The van der Waals surface area contributed by atoms with Crippen molar-refractivity contribution in [1.29, 1.82) is 0 Å². The molecule has 3 N–H and O–H groups in total. The molecular weight excluding hydrogens is 421 g/mol. The molecule has 0 saturated heterocycles. The summed E-state index contributed by atoms with van der Waals surface area (Å²) < 4.78 is 25.2. The van der Waals surface area contributed by atoms with E-state index in [0.29, 0.717) is 21.7 Å². The minimum absolute atomic E-state index is 0.170. The van der Waals surface area contributed by atoms with E-state index in [2.05, 4.69) is 10.3 Å². The third-order valence-electron chi connectivity index (χ3n) is 3.93. The van der Waals surface area contributed by atoms with Gasteiger partial charge in [0.2, 0.25) is 15.9 Å². The smallest absolute Gasteiger partial charge is 0.239 e. The molecule has 6 nitrogen and oxygen atoms in total. The van der Waals surface area contributed by atoms with Crippen molar-refractivity contribution in [2.24, 2.45) is 5.14 Å². The number of aromatic nitrogens is 1. The standard InChI is InChI=1S/C19H15Cl2N3O3S/c1-11(25)24-16-8-7-13(12-6-9-17(21)23-10-12)19(28(22,26)27)18(16)14-4-2-3-5-15(14)20/h2-10H,1H3,(H,24,25)(H2,22,26,27). The Hall–Kier alpha value is -2.45. The molecular formula is C19H15Cl2N3O3S. The van der Waals surface area contributed by atoms with Crippen molar-refractivity contribution in [2.75, 3.05) is 5.32 Å².